The van der Waals surface area contributed by atoms with Gasteiger partial charge >= 0.3 is 6.18 Å². The molecule has 4 nitrogen and oxygen atoms in total. The quantitative estimate of drug-likeness (QED) is 0.896. The Bertz CT molecular complexity index is 821. The summed E-state index contributed by atoms with van der Waals surface area (Å²) in [6.45, 7) is 0. The number of hydrogen-bond donors (Lipinski definition) is 1. The van der Waals surface area contributed by atoms with Gasteiger partial charge in [0.25, 0.3) is 0 Å². The summed E-state index contributed by atoms with van der Waals surface area (Å²) in [5.74, 6) is -1.92. The lowest BCUT2D eigenvalue weighted by Gasteiger charge is -2.17. The third-order valence-electron chi connectivity index (χ3n) is 4.41. The van der Waals surface area contributed by atoms with E-state index in [4.69, 9.17) is 0 Å². The van der Waals surface area contributed by atoms with Gasteiger partial charge in [0.1, 0.15) is 0 Å². The van der Waals surface area contributed by atoms with E-state index in [1.165, 1.54) is 23.1 Å². The number of nitrogens with zero attached hydrogens (tertiary/aromatic N) is 1. The fourth-order valence-electron chi connectivity index (χ4n) is 2.85. The minimum Gasteiger partial charge on any atom is -0.325 e. The van der Waals surface area contributed by atoms with Crippen molar-refractivity contribution in [2.75, 3.05) is 17.3 Å². The van der Waals surface area contributed by atoms with Gasteiger partial charge in [-0.3, -0.25) is 9.59 Å². The van der Waals surface area contributed by atoms with Crippen LogP contribution in [0.2, 0.25) is 0 Å². The standard InChI is InChI=1S/C19H17F3N2O2/c1-24(12-7-3-2-4-8-12)18(26)14-11-13(14)17(25)23-16-10-6-5-9-15(16)19(20,21)22/h2-10,13-14H,11H2,1H3,(H,23,25). The topological polar surface area (TPSA) is 49.4 Å². The predicted octanol–water partition coefficient (Wildman–Crippen LogP) is 3.94. The third kappa shape index (κ3) is 3.71. The molecular formula is C19H17F3N2O2. The number of hydrogen-bond acceptors (Lipinski definition) is 2. The molecule has 1 fully saturated rings. The van der Waals surface area contributed by atoms with Crippen LogP contribution >= 0.6 is 0 Å². The lowest BCUT2D eigenvalue weighted by molar-refractivity contribution is -0.137. The van der Waals surface area contributed by atoms with Crippen molar-refractivity contribution >= 4 is 23.2 Å². The Balaban J connectivity index is 1.66. The first-order valence-corrected chi connectivity index (χ1v) is 8.08. The molecule has 1 saturated carbocycles. The molecule has 0 heterocycles. The minimum absolute atomic E-state index is 0.222. The third-order valence-corrected chi connectivity index (χ3v) is 4.41. The number of para-hydroxylation sites is 2. The van der Waals surface area contributed by atoms with Gasteiger partial charge in [0.2, 0.25) is 11.8 Å². The zero-order chi connectivity index (χ0) is 18.9. The Morgan fingerprint density at radius 1 is 1.00 bits per heavy atom. The van der Waals surface area contributed by atoms with Gasteiger partial charge in [-0.05, 0) is 30.7 Å². The number of alkyl halides is 3. The smallest absolute Gasteiger partial charge is 0.325 e. The number of amides is 2. The van der Waals surface area contributed by atoms with Crippen LogP contribution in [0.1, 0.15) is 12.0 Å². The van der Waals surface area contributed by atoms with Gasteiger partial charge in [0.05, 0.1) is 23.1 Å². The maximum atomic E-state index is 13.0. The summed E-state index contributed by atoms with van der Waals surface area (Å²) in [6.07, 6.45) is -4.23. The van der Waals surface area contributed by atoms with E-state index in [2.05, 4.69) is 5.32 Å². The second kappa shape index (κ2) is 6.82. The second-order valence-corrected chi connectivity index (χ2v) is 6.21. The van der Waals surface area contributed by atoms with E-state index < -0.39 is 29.5 Å². The number of halogens is 3. The van der Waals surface area contributed by atoms with E-state index in [0.29, 0.717) is 12.1 Å². The van der Waals surface area contributed by atoms with Crippen molar-refractivity contribution in [2.24, 2.45) is 11.8 Å². The van der Waals surface area contributed by atoms with Crippen molar-refractivity contribution in [1.82, 2.24) is 0 Å². The van der Waals surface area contributed by atoms with Crippen LogP contribution in [0.25, 0.3) is 0 Å². The predicted molar refractivity (Wildman–Crippen MR) is 91.5 cm³/mol. The van der Waals surface area contributed by atoms with Crippen LogP contribution in [0.4, 0.5) is 24.5 Å². The van der Waals surface area contributed by atoms with E-state index in [9.17, 15) is 22.8 Å². The Hall–Kier alpha value is -2.83. The Kier molecular flexibility index (Phi) is 4.71. The Labute approximate surface area is 148 Å². The molecular weight excluding hydrogens is 345 g/mol. The van der Waals surface area contributed by atoms with Gasteiger partial charge in [0.15, 0.2) is 0 Å². The molecule has 1 aliphatic carbocycles. The first kappa shape index (κ1) is 18.0. The fourth-order valence-corrected chi connectivity index (χ4v) is 2.85. The number of rotatable bonds is 4. The molecule has 0 radical (unpaired) electrons. The molecule has 2 aromatic rings. The largest absolute Gasteiger partial charge is 0.418 e. The summed E-state index contributed by atoms with van der Waals surface area (Å²) >= 11 is 0. The lowest BCUT2D eigenvalue weighted by Crippen LogP contribution is -2.29. The summed E-state index contributed by atoms with van der Waals surface area (Å²) < 4.78 is 39.0. The first-order valence-electron chi connectivity index (χ1n) is 8.08. The molecule has 7 heteroatoms. The van der Waals surface area contributed by atoms with Crippen LogP contribution in [-0.2, 0) is 15.8 Å². The maximum absolute atomic E-state index is 13.0. The molecule has 3 rings (SSSR count). The number of anilines is 2. The van der Waals surface area contributed by atoms with Crippen molar-refractivity contribution in [2.45, 2.75) is 12.6 Å². The molecule has 0 aromatic heterocycles. The van der Waals surface area contributed by atoms with Crippen molar-refractivity contribution in [3.8, 4) is 0 Å². The molecule has 0 saturated heterocycles. The highest BCUT2D eigenvalue weighted by Gasteiger charge is 2.49. The first-order chi connectivity index (χ1) is 12.3. The van der Waals surface area contributed by atoms with Crippen molar-refractivity contribution in [3.63, 3.8) is 0 Å². The Morgan fingerprint density at radius 3 is 2.27 bits per heavy atom. The summed E-state index contributed by atoms with van der Waals surface area (Å²) in [6, 6.07) is 13.8. The van der Waals surface area contributed by atoms with E-state index in [1.807, 2.05) is 6.07 Å². The van der Waals surface area contributed by atoms with Crippen LogP contribution in [0.3, 0.4) is 0 Å². The molecule has 0 aliphatic heterocycles. The zero-order valence-corrected chi connectivity index (χ0v) is 14.0. The number of carbonyl (C=O) groups is 2. The molecule has 2 atom stereocenters. The molecule has 0 bridgehead atoms. The summed E-state index contributed by atoms with van der Waals surface area (Å²) in [5, 5.41) is 2.31. The SMILES string of the molecule is CN(C(=O)C1CC1C(=O)Nc1ccccc1C(F)(F)F)c1ccccc1. The van der Waals surface area contributed by atoms with Gasteiger partial charge in [0, 0.05) is 12.7 Å². The molecule has 2 unspecified atom stereocenters. The van der Waals surface area contributed by atoms with Crippen LogP contribution in [0.5, 0.6) is 0 Å². The highest BCUT2D eigenvalue weighted by molar-refractivity contribution is 6.04. The van der Waals surface area contributed by atoms with Gasteiger partial charge in [-0.2, -0.15) is 13.2 Å². The average molecular weight is 362 g/mol. The molecule has 2 amide bonds. The molecule has 1 N–H and O–H groups in total. The van der Waals surface area contributed by atoms with E-state index in [-0.39, 0.29) is 11.6 Å². The van der Waals surface area contributed by atoms with E-state index >= 15 is 0 Å². The van der Waals surface area contributed by atoms with Crippen LogP contribution in [0, 0.1) is 11.8 Å². The molecule has 26 heavy (non-hydrogen) atoms. The van der Waals surface area contributed by atoms with E-state index in [0.717, 1.165) is 6.07 Å². The summed E-state index contributed by atoms with van der Waals surface area (Å²) in [7, 11) is 1.61. The van der Waals surface area contributed by atoms with Gasteiger partial charge in [-0.25, -0.2) is 0 Å². The maximum Gasteiger partial charge on any atom is 0.418 e. The lowest BCUT2D eigenvalue weighted by atomic mass is 10.1. The van der Waals surface area contributed by atoms with Crippen molar-refractivity contribution < 1.29 is 22.8 Å². The number of nitrogens with one attached hydrogen (secondary N) is 1. The zero-order valence-electron chi connectivity index (χ0n) is 14.0. The molecule has 2 aromatic carbocycles. The van der Waals surface area contributed by atoms with Crippen LogP contribution < -0.4 is 10.2 Å². The summed E-state index contributed by atoms with van der Waals surface area (Å²) in [4.78, 5) is 26.2. The highest BCUT2D eigenvalue weighted by Crippen LogP contribution is 2.42. The van der Waals surface area contributed by atoms with Crippen LogP contribution in [0.15, 0.2) is 54.6 Å². The second-order valence-electron chi connectivity index (χ2n) is 6.21. The molecule has 136 valence electrons. The van der Waals surface area contributed by atoms with Gasteiger partial charge < -0.3 is 10.2 Å². The number of benzene rings is 2. The number of carbonyl (C=O) groups excluding carboxylic acids is 2. The molecule has 0 spiro atoms. The van der Waals surface area contributed by atoms with Crippen molar-refractivity contribution in [1.29, 1.82) is 0 Å². The molecule has 1 aliphatic rings. The normalized spacial score (nSPS) is 18.9. The average Bonchev–Trinajstić information content (AvgIpc) is 3.41. The van der Waals surface area contributed by atoms with Gasteiger partial charge in [-0.15, -0.1) is 0 Å². The van der Waals surface area contributed by atoms with Gasteiger partial charge in [-0.1, -0.05) is 30.3 Å². The van der Waals surface area contributed by atoms with Crippen LogP contribution in [-0.4, -0.2) is 18.9 Å². The fraction of sp³-hybridized carbons (Fsp3) is 0.263. The van der Waals surface area contributed by atoms with E-state index in [1.54, 1.807) is 31.3 Å². The Morgan fingerprint density at radius 2 is 1.62 bits per heavy atom. The minimum atomic E-state index is -4.56. The monoisotopic (exact) mass is 362 g/mol. The summed E-state index contributed by atoms with van der Waals surface area (Å²) in [5.41, 5.74) is -0.497. The highest BCUT2D eigenvalue weighted by atomic mass is 19.4. The van der Waals surface area contributed by atoms with Crippen molar-refractivity contribution in [3.05, 3.63) is 60.2 Å².